The Bertz CT molecular complexity index is 583. The molecule has 0 radical (unpaired) electrons. The van der Waals surface area contributed by atoms with E-state index in [1.165, 1.54) is 19.4 Å². The minimum absolute atomic E-state index is 0.0347. The highest BCUT2D eigenvalue weighted by Crippen LogP contribution is 2.12. The number of para-hydroxylation sites is 2. The normalized spacial score (nSPS) is 8.54. The highest BCUT2D eigenvalue weighted by Gasteiger charge is 1.94. The molecule has 0 bridgehead atoms. The lowest BCUT2D eigenvalue weighted by Crippen LogP contribution is -1.81. The molecule has 0 heterocycles. The number of nitrogens with zero attached hydrogens (tertiary/aromatic N) is 1. The van der Waals surface area contributed by atoms with E-state index < -0.39 is 0 Å². The molecule has 2 N–H and O–H groups in total. The van der Waals surface area contributed by atoms with E-state index in [2.05, 4.69) is 9.99 Å². The molecule has 0 aliphatic rings. The summed E-state index contributed by atoms with van der Waals surface area (Å²) >= 11 is 0. The molecular weight excluding hydrogens is 306 g/mol. The lowest BCUT2D eigenvalue weighted by atomic mass is 10.2. The summed E-state index contributed by atoms with van der Waals surface area (Å²) in [4.78, 5) is 14.5. The summed E-state index contributed by atoms with van der Waals surface area (Å²) in [7, 11) is 1.45. The maximum absolute atomic E-state index is 10.1. The van der Waals surface area contributed by atoms with Crippen molar-refractivity contribution in [2.45, 2.75) is 27.7 Å². The van der Waals surface area contributed by atoms with Gasteiger partial charge in [-0.25, -0.2) is 0 Å². The summed E-state index contributed by atoms with van der Waals surface area (Å²) in [6.45, 7) is 8.00. The van der Waals surface area contributed by atoms with E-state index in [4.69, 9.17) is 5.11 Å². The minimum Gasteiger partial charge on any atom is -0.507 e. The molecule has 5 heteroatoms. The van der Waals surface area contributed by atoms with Crippen molar-refractivity contribution in [2.24, 2.45) is 5.16 Å². The van der Waals surface area contributed by atoms with Crippen LogP contribution in [0, 0.1) is 0 Å². The third-order valence-electron chi connectivity index (χ3n) is 2.30. The molecule has 2 aromatic carbocycles. The number of aromatic hydroxyl groups is 2. The van der Waals surface area contributed by atoms with Crippen molar-refractivity contribution in [3.63, 3.8) is 0 Å². The Kier molecular flexibility index (Phi) is 16.2. The lowest BCUT2D eigenvalue weighted by Gasteiger charge is -1.94. The Hall–Kier alpha value is -2.82. The van der Waals surface area contributed by atoms with E-state index in [1.54, 1.807) is 36.4 Å². The third kappa shape index (κ3) is 10.00. The summed E-state index contributed by atoms with van der Waals surface area (Å²) < 4.78 is 0. The molecule has 2 rings (SSSR count). The fourth-order valence-corrected chi connectivity index (χ4v) is 1.29. The summed E-state index contributed by atoms with van der Waals surface area (Å²) in [6.07, 6.45) is 2.07. The van der Waals surface area contributed by atoms with E-state index in [-0.39, 0.29) is 11.5 Å². The topological polar surface area (TPSA) is 79.1 Å². The predicted molar refractivity (Wildman–Crippen MR) is 98.9 cm³/mol. The van der Waals surface area contributed by atoms with Crippen molar-refractivity contribution in [3.8, 4) is 11.5 Å². The van der Waals surface area contributed by atoms with Crippen molar-refractivity contribution in [1.29, 1.82) is 0 Å². The molecule has 0 unspecified atom stereocenters. The Morgan fingerprint density at radius 2 is 1.25 bits per heavy atom. The molecule has 0 saturated carbocycles. The molecule has 24 heavy (non-hydrogen) atoms. The average Bonchev–Trinajstić information content (AvgIpc) is 2.65. The number of carbonyl (C=O) groups excluding carboxylic acids is 1. The summed E-state index contributed by atoms with van der Waals surface area (Å²) in [5.41, 5.74) is 0.979. The zero-order chi connectivity index (χ0) is 18.8. The van der Waals surface area contributed by atoms with E-state index in [0.717, 1.165) is 0 Å². The van der Waals surface area contributed by atoms with Gasteiger partial charge in [-0.3, -0.25) is 4.79 Å². The van der Waals surface area contributed by atoms with Crippen molar-refractivity contribution in [1.82, 2.24) is 0 Å². The second kappa shape index (κ2) is 16.5. The van der Waals surface area contributed by atoms with Crippen LogP contribution < -0.4 is 0 Å². The fourth-order valence-electron chi connectivity index (χ4n) is 1.29. The number of hydrogen-bond donors (Lipinski definition) is 2. The van der Waals surface area contributed by atoms with Gasteiger partial charge in [0.25, 0.3) is 0 Å². The van der Waals surface area contributed by atoms with Gasteiger partial charge in [0.2, 0.25) is 0 Å². The van der Waals surface area contributed by atoms with Crippen LogP contribution in [-0.4, -0.2) is 29.8 Å². The molecule has 0 spiro atoms. The van der Waals surface area contributed by atoms with Crippen molar-refractivity contribution >= 4 is 12.5 Å². The Morgan fingerprint density at radius 1 is 0.833 bits per heavy atom. The zero-order valence-corrected chi connectivity index (χ0v) is 14.9. The van der Waals surface area contributed by atoms with E-state index >= 15 is 0 Å². The number of aldehydes is 1. The van der Waals surface area contributed by atoms with Crippen LogP contribution in [0.4, 0.5) is 0 Å². The molecule has 0 saturated heterocycles. The molecule has 0 fully saturated rings. The first kappa shape index (κ1) is 23.4. The first-order valence-corrected chi connectivity index (χ1v) is 7.76. The zero-order valence-electron chi connectivity index (χ0n) is 14.9. The smallest absolute Gasteiger partial charge is 0.153 e. The van der Waals surface area contributed by atoms with Gasteiger partial charge in [-0.1, -0.05) is 57.1 Å². The Morgan fingerprint density at radius 3 is 1.58 bits per heavy atom. The monoisotopic (exact) mass is 333 g/mol. The molecule has 0 aliphatic heterocycles. The van der Waals surface area contributed by atoms with Gasteiger partial charge < -0.3 is 15.1 Å². The number of carbonyl (C=O) groups is 1. The van der Waals surface area contributed by atoms with Crippen LogP contribution in [0.1, 0.15) is 43.6 Å². The second-order valence-corrected chi connectivity index (χ2v) is 3.65. The van der Waals surface area contributed by atoms with Gasteiger partial charge in [0, 0.05) is 5.56 Å². The van der Waals surface area contributed by atoms with Crippen LogP contribution in [0.5, 0.6) is 11.5 Å². The SMILES string of the molecule is CC.CC.CO/N=C/c1ccccc1O.O=Cc1ccccc1O. The Balaban J connectivity index is 0. The maximum Gasteiger partial charge on any atom is 0.153 e. The van der Waals surface area contributed by atoms with Gasteiger partial charge in [-0.15, -0.1) is 0 Å². The lowest BCUT2D eigenvalue weighted by molar-refractivity contribution is 0.112. The largest absolute Gasteiger partial charge is 0.507 e. The van der Waals surface area contributed by atoms with Gasteiger partial charge in [-0.2, -0.15) is 0 Å². The van der Waals surface area contributed by atoms with Crippen molar-refractivity contribution in [2.75, 3.05) is 7.11 Å². The Labute approximate surface area is 144 Å². The highest BCUT2D eigenvalue weighted by atomic mass is 16.6. The second-order valence-electron chi connectivity index (χ2n) is 3.65. The molecule has 5 nitrogen and oxygen atoms in total. The van der Waals surface area contributed by atoms with E-state index in [9.17, 15) is 9.90 Å². The summed E-state index contributed by atoms with van der Waals surface area (Å²) in [5.74, 6) is 0.237. The standard InChI is InChI=1S/C8H9NO2.C7H6O2.2C2H6/c1-11-9-6-7-4-2-3-5-8(7)10;8-5-6-3-1-2-4-7(6)9;2*1-2/h2-6,10H,1H3;1-5,9H;2*1-2H3/b9-6+;;;. The van der Waals surface area contributed by atoms with Gasteiger partial charge in [0.1, 0.15) is 18.6 Å². The maximum atomic E-state index is 10.1. The van der Waals surface area contributed by atoms with Gasteiger partial charge >= 0.3 is 0 Å². The summed E-state index contributed by atoms with van der Waals surface area (Å²) in [5, 5.41) is 21.6. The number of oxime groups is 1. The molecular formula is C19H27NO4. The number of phenolic OH excluding ortho intramolecular Hbond substituents is 2. The fraction of sp³-hybridized carbons (Fsp3) is 0.263. The molecule has 132 valence electrons. The minimum atomic E-state index is 0.0347. The summed E-state index contributed by atoms with van der Waals surface area (Å²) in [6, 6.07) is 13.3. The number of hydrogen-bond acceptors (Lipinski definition) is 5. The number of rotatable bonds is 3. The first-order valence-electron chi connectivity index (χ1n) is 7.76. The van der Waals surface area contributed by atoms with Crippen LogP contribution in [0.15, 0.2) is 53.7 Å². The van der Waals surface area contributed by atoms with Gasteiger partial charge in [-0.05, 0) is 24.3 Å². The molecule has 0 aromatic heterocycles. The van der Waals surface area contributed by atoms with Crippen LogP contribution in [0.25, 0.3) is 0 Å². The quantitative estimate of drug-likeness (QED) is 0.487. The predicted octanol–water partition coefficient (Wildman–Crippen LogP) is 4.63. The molecule has 0 atom stereocenters. The van der Waals surface area contributed by atoms with Crippen LogP contribution in [0.3, 0.4) is 0 Å². The average molecular weight is 333 g/mol. The molecule has 2 aromatic rings. The first-order chi connectivity index (χ1) is 11.7. The van der Waals surface area contributed by atoms with Crippen LogP contribution in [0.2, 0.25) is 0 Å². The van der Waals surface area contributed by atoms with Crippen molar-refractivity contribution < 1.29 is 19.8 Å². The van der Waals surface area contributed by atoms with Gasteiger partial charge in [0.05, 0.1) is 11.8 Å². The van der Waals surface area contributed by atoms with E-state index in [1.807, 2.05) is 33.8 Å². The highest BCUT2D eigenvalue weighted by molar-refractivity contribution is 5.82. The van der Waals surface area contributed by atoms with Crippen LogP contribution in [-0.2, 0) is 4.84 Å². The number of phenols is 2. The number of benzene rings is 2. The molecule has 0 amide bonds. The third-order valence-corrected chi connectivity index (χ3v) is 2.30. The van der Waals surface area contributed by atoms with Crippen LogP contribution >= 0.6 is 0 Å². The van der Waals surface area contributed by atoms with Gasteiger partial charge in [0.15, 0.2) is 6.29 Å². The van der Waals surface area contributed by atoms with Crippen molar-refractivity contribution in [3.05, 3.63) is 59.7 Å². The van der Waals surface area contributed by atoms with E-state index in [0.29, 0.717) is 17.4 Å². The molecule has 0 aliphatic carbocycles.